The van der Waals surface area contributed by atoms with Crippen LogP contribution in [0.15, 0.2) is 24.5 Å². The second-order valence-electron chi connectivity index (χ2n) is 8.90. The van der Waals surface area contributed by atoms with Crippen LogP contribution < -0.4 is 25.8 Å². The van der Waals surface area contributed by atoms with Crippen molar-refractivity contribution in [1.29, 1.82) is 5.26 Å². The minimum atomic E-state index is -0.876. The molecule has 5 aromatic rings. The molecule has 1 aromatic carbocycles. The molecule has 202 valence electrons. The number of benzene rings is 1. The van der Waals surface area contributed by atoms with Crippen molar-refractivity contribution in [2.45, 2.75) is 13.0 Å². The predicted octanol–water partition coefficient (Wildman–Crippen LogP) is 5.24. The Morgan fingerprint density at radius 2 is 2.05 bits per heavy atom. The maximum atomic E-state index is 16.6. The highest BCUT2D eigenvalue weighted by molar-refractivity contribution is 7.23. The lowest BCUT2D eigenvalue weighted by molar-refractivity contribution is 0.328. The molecule has 1 aliphatic heterocycles. The second-order valence-corrected chi connectivity index (χ2v) is 10.3. The van der Waals surface area contributed by atoms with Crippen molar-refractivity contribution in [3.8, 4) is 29.1 Å². The molecule has 1 aliphatic rings. The Morgan fingerprint density at radius 1 is 1.25 bits per heavy atom. The Bertz CT molecular complexity index is 1890. The predicted molar refractivity (Wildman–Crippen MR) is 149 cm³/mol. The van der Waals surface area contributed by atoms with E-state index in [9.17, 15) is 9.65 Å². The maximum Gasteiger partial charge on any atom is 0.318 e. The molecule has 10 nitrogen and oxygen atoms in total. The number of thiophene rings is 1. The van der Waals surface area contributed by atoms with Crippen LogP contribution in [0.5, 0.6) is 11.8 Å². The fourth-order valence-corrected chi connectivity index (χ4v) is 6.19. The van der Waals surface area contributed by atoms with Gasteiger partial charge in [0.05, 0.1) is 57.8 Å². The molecule has 4 aromatic heterocycles. The van der Waals surface area contributed by atoms with Gasteiger partial charge in [-0.05, 0) is 13.0 Å². The average Bonchev–Trinajstić information content (AvgIpc) is 3.17. The van der Waals surface area contributed by atoms with Crippen LogP contribution in [0.2, 0.25) is 5.02 Å². The van der Waals surface area contributed by atoms with E-state index in [1.165, 1.54) is 7.11 Å². The van der Waals surface area contributed by atoms with Gasteiger partial charge in [-0.15, -0.1) is 11.3 Å². The first-order valence-corrected chi connectivity index (χ1v) is 13.1. The van der Waals surface area contributed by atoms with Gasteiger partial charge >= 0.3 is 6.01 Å². The first-order valence-electron chi connectivity index (χ1n) is 11.9. The normalized spacial score (nSPS) is 13.7. The molecule has 4 N–H and O–H groups in total. The van der Waals surface area contributed by atoms with E-state index in [1.807, 2.05) is 24.0 Å². The number of nitrogen functional groups attached to an aromatic ring is 2. The number of rotatable bonds is 4. The molecule has 40 heavy (non-hydrogen) atoms. The van der Waals surface area contributed by atoms with E-state index in [0.717, 1.165) is 23.1 Å². The summed E-state index contributed by atoms with van der Waals surface area (Å²) in [6.07, 6.45) is 2.52. The summed E-state index contributed by atoms with van der Waals surface area (Å²) in [5.41, 5.74) is 12.4. The van der Waals surface area contributed by atoms with E-state index in [1.54, 1.807) is 12.3 Å². The molecule has 0 fully saturated rings. The van der Waals surface area contributed by atoms with Crippen molar-refractivity contribution in [2.24, 2.45) is 0 Å². The van der Waals surface area contributed by atoms with Gasteiger partial charge in [0.25, 0.3) is 0 Å². The van der Waals surface area contributed by atoms with Crippen LogP contribution in [0.1, 0.15) is 24.1 Å². The number of aromatic nitrogens is 4. The van der Waals surface area contributed by atoms with Gasteiger partial charge in [0, 0.05) is 17.1 Å². The molecule has 0 aliphatic carbocycles. The van der Waals surface area contributed by atoms with Gasteiger partial charge in [-0.1, -0.05) is 17.7 Å². The van der Waals surface area contributed by atoms with Gasteiger partial charge in [0.1, 0.15) is 34.8 Å². The summed E-state index contributed by atoms with van der Waals surface area (Å²) < 4.78 is 42.8. The van der Waals surface area contributed by atoms with Crippen LogP contribution in [0.4, 0.5) is 25.4 Å². The Kier molecular flexibility index (Phi) is 6.16. The highest BCUT2D eigenvalue weighted by Gasteiger charge is 2.34. The highest BCUT2D eigenvalue weighted by Crippen LogP contribution is 2.50. The molecule has 0 spiro atoms. The first kappa shape index (κ1) is 25.7. The number of methoxy groups -OCH3 is 1. The highest BCUT2D eigenvalue weighted by atomic mass is 35.5. The second kappa shape index (κ2) is 9.58. The van der Waals surface area contributed by atoms with Gasteiger partial charge in [-0.2, -0.15) is 15.2 Å². The lowest BCUT2D eigenvalue weighted by Gasteiger charge is -2.30. The number of anilines is 3. The molecule has 0 bridgehead atoms. The quantitative estimate of drug-likeness (QED) is 0.289. The summed E-state index contributed by atoms with van der Waals surface area (Å²) in [7, 11) is 1.36. The molecular formula is C26H19ClF2N8O2S. The average molecular weight is 581 g/mol. The summed E-state index contributed by atoms with van der Waals surface area (Å²) >= 11 is 7.71. The van der Waals surface area contributed by atoms with Gasteiger partial charge in [0.2, 0.25) is 0 Å². The zero-order valence-corrected chi connectivity index (χ0v) is 22.6. The molecule has 0 unspecified atom stereocenters. The van der Waals surface area contributed by atoms with Crippen molar-refractivity contribution in [3.05, 3.63) is 52.3 Å². The fourth-order valence-electron chi connectivity index (χ4n) is 4.95. The summed E-state index contributed by atoms with van der Waals surface area (Å²) in [6, 6.07) is 5.12. The number of pyridine rings is 2. The number of nitrogens with zero attached hydrogens (tertiary/aromatic N) is 6. The standard InChI is InChI=1S/C26H19ClF2N8O2S/c1-10(11-4-3-5-33-23(11)31)37-6-7-39-21-16-20(35-26(38-2)36-25(16)37)18(29)15(17(21)27)19-14-12(8-30)24(32)40-22(14)13(28)9-34-19/h3-5,9-10H,6-7,32H2,1-2H3,(H2,31,33)/t10-/m1/s1. The van der Waals surface area contributed by atoms with E-state index in [2.05, 4.69) is 19.9 Å². The zero-order chi connectivity index (χ0) is 28.3. The Balaban J connectivity index is 1.68. The molecule has 0 saturated heterocycles. The van der Waals surface area contributed by atoms with Crippen molar-refractivity contribution in [2.75, 3.05) is 36.6 Å². The number of hydrogen-bond donors (Lipinski definition) is 2. The summed E-state index contributed by atoms with van der Waals surface area (Å²) in [5, 5.41) is 9.94. The third kappa shape index (κ3) is 3.71. The van der Waals surface area contributed by atoms with Crippen molar-refractivity contribution >= 4 is 60.6 Å². The van der Waals surface area contributed by atoms with E-state index in [4.69, 9.17) is 32.5 Å². The van der Waals surface area contributed by atoms with Crippen LogP contribution in [0, 0.1) is 23.0 Å². The van der Waals surface area contributed by atoms with E-state index in [0.29, 0.717) is 18.2 Å². The lowest BCUT2D eigenvalue weighted by Crippen LogP contribution is -2.31. The number of hydrogen-bond acceptors (Lipinski definition) is 11. The first-order chi connectivity index (χ1) is 19.3. The van der Waals surface area contributed by atoms with Crippen LogP contribution in [-0.4, -0.2) is 40.2 Å². The molecule has 1 atom stereocenters. The van der Waals surface area contributed by atoms with Crippen molar-refractivity contribution < 1.29 is 18.3 Å². The molecule has 0 saturated carbocycles. The summed E-state index contributed by atoms with van der Waals surface area (Å²) in [4.78, 5) is 19.0. The van der Waals surface area contributed by atoms with Gasteiger partial charge < -0.3 is 25.8 Å². The van der Waals surface area contributed by atoms with Crippen LogP contribution in [0.3, 0.4) is 0 Å². The summed E-state index contributed by atoms with van der Waals surface area (Å²) in [5.74, 6) is -0.812. The molecule has 0 radical (unpaired) electrons. The number of nitrogens with two attached hydrogens (primary N) is 2. The van der Waals surface area contributed by atoms with Crippen LogP contribution >= 0.6 is 22.9 Å². The minimum Gasteiger partial charge on any atom is -0.489 e. The third-order valence-electron chi connectivity index (χ3n) is 6.81. The van der Waals surface area contributed by atoms with Crippen molar-refractivity contribution in [3.63, 3.8) is 0 Å². The number of nitriles is 1. The fraction of sp³-hybridized carbons (Fsp3) is 0.192. The molecular weight excluding hydrogens is 562 g/mol. The Labute approximate surface area is 234 Å². The lowest BCUT2D eigenvalue weighted by atomic mass is 10.0. The van der Waals surface area contributed by atoms with Gasteiger partial charge in [0.15, 0.2) is 17.4 Å². The maximum absolute atomic E-state index is 16.6. The van der Waals surface area contributed by atoms with E-state index < -0.39 is 11.6 Å². The van der Waals surface area contributed by atoms with Crippen LogP contribution in [-0.2, 0) is 0 Å². The number of fused-ring (bicyclic) bond motifs is 1. The largest absolute Gasteiger partial charge is 0.489 e. The van der Waals surface area contributed by atoms with Crippen molar-refractivity contribution in [1.82, 2.24) is 19.9 Å². The SMILES string of the molecule is COc1nc2c3c(c(Cl)c(-c4ncc(F)c5sc(N)c(C#N)c45)c(F)c3n1)OCCN2[C@H](C)c1cccnc1N. The summed E-state index contributed by atoms with van der Waals surface area (Å²) in [6.45, 7) is 2.38. The Hall–Kier alpha value is -4.54. The topological polar surface area (TPSA) is 149 Å². The monoisotopic (exact) mass is 580 g/mol. The molecule has 6 rings (SSSR count). The van der Waals surface area contributed by atoms with Gasteiger partial charge in [-0.25, -0.2) is 13.8 Å². The molecule has 5 heterocycles. The number of ether oxygens (including phenoxy) is 2. The zero-order valence-electron chi connectivity index (χ0n) is 21.0. The smallest absolute Gasteiger partial charge is 0.318 e. The van der Waals surface area contributed by atoms with Crippen LogP contribution in [0.25, 0.3) is 32.2 Å². The number of halogens is 3. The minimum absolute atomic E-state index is 0.0284. The van der Waals surface area contributed by atoms with Gasteiger partial charge in [-0.3, -0.25) is 4.98 Å². The molecule has 0 amide bonds. The molecule has 14 heteroatoms. The Morgan fingerprint density at radius 3 is 2.77 bits per heavy atom. The van der Waals surface area contributed by atoms with E-state index in [-0.39, 0.29) is 72.2 Å². The van der Waals surface area contributed by atoms with E-state index >= 15 is 4.39 Å². The third-order valence-corrected chi connectivity index (χ3v) is 8.20.